The maximum Gasteiger partial charge on any atom is 0.163 e. The molecule has 4 heteroatoms. The van der Waals surface area contributed by atoms with E-state index in [1.54, 1.807) is 6.07 Å². The van der Waals surface area contributed by atoms with Crippen LogP contribution in [-0.4, -0.2) is 12.6 Å². The second-order valence-electron chi connectivity index (χ2n) is 4.18. The lowest BCUT2D eigenvalue weighted by Gasteiger charge is -2.20. The van der Waals surface area contributed by atoms with E-state index in [1.165, 1.54) is 6.07 Å². The Bertz CT molecular complexity index is 340. The van der Waals surface area contributed by atoms with Crippen LogP contribution in [0.5, 0.6) is 0 Å². The van der Waals surface area contributed by atoms with Crippen LogP contribution in [0.4, 0.5) is 8.78 Å². The highest BCUT2D eigenvalue weighted by Crippen LogP contribution is 2.11. The van der Waals surface area contributed by atoms with Crippen LogP contribution in [0, 0.1) is 17.6 Å². The molecule has 0 aliphatic rings. The monoisotopic (exact) mass is 228 g/mol. The lowest BCUT2D eigenvalue weighted by molar-refractivity contribution is 0.398. The zero-order valence-corrected chi connectivity index (χ0v) is 9.63. The summed E-state index contributed by atoms with van der Waals surface area (Å²) in [7, 11) is 0. The summed E-state index contributed by atoms with van der Waals surface area (Å²) in [6.07, 6.45) is 0. The van der Waals surface area contributed by atoms with Gasteiger partial charge in [0.1, 0.15) is 0 Å². The van der Waals surface area contributed by atoms with Gasteiger partial charge in [-0.05, 0) is 12.0 Å². The van der Waals surface area contributed by atoms with E-state index in [1.807, 2.05) is 13.8 Å². The van der Waals surface area contributed by atoms with Gasteiger partial charge in [-0.25, -0.2) is 8.78 Å². The SMILES string of the molecule is CC(C)C(CN)NCc1cccc(F)c1F. The van der Waals surface area contributed by atoms with Gasteiger partial charge in [-0.15, -0.1) is 0 Å². The lowest BCUT2D eigenvalue weighted by Crippen LogP contribution is -2.39. The molecular formula is C12H18F2N2. The smallest absolute Gasteiger partial charge is 0.163 e. The molecule has 16 heavy (non-hydrogen) atoms. The van der Waals surface area contributed by atoms with Crippen LogP contribution < -0.4 is 11.1 Å². The second-order valence-corrected chi connectivity index (χ2v) is 4.18. The Morgan fingerprint density at radius 2 is 2.00 bits per heavy atom. The van der Waals surface area contributed by atoms with Crippen LogP contribution in [0.25, 0.3) is 0 Å². The number of nitrogens with one attached hydrogen (secondary N) is 1. The third-order valence-electron chi connectivity index (χ3n) is 2.64. The van der Waals surface area contributed by atoms with Crippen LogP contribution in [0.1, 0.15) is 19.4 Å². The molecule has 0 radical (unpaired) electrons. The summed E-state index contributed by atoms with van der Waals surface area (Å²) in [6.45, 7) is 4.84. The van der Waals surface area contributed by atoms with Gasteiger partial charge in [0.15, 0.2) is 11.6 Å². The molecule has 0 amide bonds. The van der Waals surface area contributed by atoms with E-state index in [0.717, 1.165) is 6.07 Å². The minimum absolute atomic E-state index is 0.114. The highest BCUT2D eigenvalue weighted by atomic mass is 19.2. The summed E-state index contributed by atoms with van der Waals surface area (Å²) in [4.78, 5) is 0. The average Bonchev–Trinajstić information content (AvgIpc) is 2.24. The molecule has 1 aromatic rings. The molecule has 90 valence electrons. The fourth-order valence-corrected chi connectivity index (χ4v) is 1.52. The molecule has 2 nitrogen and oxygen atoms in total. The standard InChI is InChI=1S/C12H18F2N2/c1-8(2)11(6-15)16-7-9-4-3-5-10(13)12(9)14/h3-5,8,11,16H,6-7,15H2,1-2H3. The van der Waals surface area contributed by atoms with Gasteiger partial charge < -0.3 is 11.1 Å². The molecule has 1 aromatic carbocycles. The molecule has 0 aliphatic carbocycles. The number of hydrogen-bond donors (Lipinski definition) is 2. The van der Waals surface area contributed by atoms with Crippen LogP contribution in [0.2, 0.25) is 0 Å². The highest BCUT2D eigenvalue weighted by Gasteiger charge is 2.12. The fourth-order valence-electron chi connectivity index (χ4n) is 1.52. The molecule has 1 rings (SSSR count). The van der Waals surface area contributed by atoms with E-state index in [-0.39, 0.29) is 6.04 Å². The lowest BCUT2D eigenvalue weighted by atomic mass is 10.0. The van der Waals surface area contributed by atoms with Crippen molar-refractivity contribution in [1.29, 1.82) is 0 Å². The summed E-state index contributed by atoms with van der Waals surface area (Å²) in [5.74, 6) is -1.23. The molecule has 0 fully saturated rings. The number of rotatable bonds is 5. The average molecular weight is 228 g/mol. The third kappa shape index (κ3) is 3.25. The molecule has 0 heterocycles. The van der Waals surface area contributed by atoms with Crippen molar-refractivity contribution in [2.75, 3.05) is 6.54 Å². The van der Waals surface area contributed by atoms with Gasteiger partial charge in [0.05, 0.1) is 0 Å². The molecule has 0 spiro atoms. The van der Waals surface area contributed by atoms with Crippen molar-refractivity contribution in [3.8, 4) is 0 Å². The van der Waals surface area contributed by atoms with Crippen molar-refractivity contribution < 1.29 is 8.78 Å². The Morgan fingerprint density at radius 3 is 2.56 bits per heavy atom. The maximum atomic E-state index is 13.3. The van der Waals surface area contributed by atoms with E-state index in [9.17, 15) is 8.78 Å². The van der Waals surface area contributed by atoms with Crippen molar-refractivity contribution in [3.05, 3.63) is 35.4 Å². The summed E-state index contributed by atoms with van der Waals surface area (Å²) in [5.41, 5.74) is 5.91. The largest absolute Gasteiger partial charge is 0.329 e. The maximum absolute atomic E-state index is 13.3. The van der Waals surface area contributed by atoms with E-state index in [2.05, 4.69) is 5.32 Å². The van der Waals surface area contributed by atoms with Crippen molar-refractivity contribution >= 4 is 0 Å². The highest BCUT2D eigenvalue weighted by molar-refractivity contribution is 5.18. The van der Waals surface area contributed by atoms with Crippen molar-refractivity contribution in [2.24, 2.45) is 11.7 Å². The first kappa shape index (κ1) is 13.1. The predicted molar refractivity (Wildman–Crippen MR) is 60.9 cm³/mol. The first-order chi connectivity index (χ1) is 7.56. The molecule has 0 saturated heterocycles. The van der Waals surface area contributed by atoms with E-state index in [0.29, 0.717) is 24.6 Å². The van der Waals surface area contributed by atoms with Gasteiger partial charge in [-0.3, -0.25) is 0 Å². The van der Waals surface area contributed by atoms with Crippen LogP contribution in [0.3, 0.4) is 0 Å². The molecular weight excluding hydrogens is 210 g/mol. The quantitative estimate of drug-likeness (QED) is 0.809. The Labute approximate surface area is 94.8 Å². The Hall–Kier alpha value is -1.00. The van der Waals surface area contributed by atoms with Crippen molar-refractivity contribution in [3.63, 3.8) is 0 Å². The number of hydrogen-bond acceptors (Lipinski definition) is 2. The van der Waals surface area contributed by atoms with Gasteiger partial charge in [0, 0.05) is 24.7 Å². The first-order valence-corrected chi connectivity index (χ1v) is 5.42. The molecule has 1 atom stereocenters. The first-order valence-electron chi connectivity index (χ1n) is 5.42. The molecule has 0 saturated carbocycles. The van der Waals surface area contributed by atoms with Gasteiger partial charge in [-0.2, -0.15) is 0 Å². The van der Waals surface area contributed by atoms with Gasteiger partial charge in [-0.1, -0.05) is 26.0 Å². The number of halogens is 2. The van der Waals surface area contributed by atoms with E-state index < -0.39 is 11.6 Å². The Kier molecular flexibility index (Phi) is 4.83. The van der Waals surface area contributed by atoms with Crippen LogP contribution in [0.15, 0.2) is 18.2 Å². The van der Waals surface area contributed by atoms with Crippen molar-refractivity contribution in [1.82, 2.24) is 5.32 Å². The number of benzene rings is 1. The fraction of sp³-hybridized carbons (Fsp3) is 0.500. The zero-order chi connectivity index (χ0) is 12.1. The summed E-state index contributed by atoms with van der Waals surface area (Å²) in [5, 5.41) is 3.12. The van der Waals surface area contributed by atoms with Gasteiger partial charge >= 0.3 is 0 Å². The van der Waals surface area contributed by atoms with E-state index in [4.69, 9.17) is 5.73 Å². The third-order valence-corrected chi connectivity index (χ3v) is 2.64. The summed E-state index contributed by atoms with van der Waals surface area (Å²) >= 11 is 0. The summed E-state index contributed by atoms with van der Waals surface area (Å²) < 4.78 is 26.2. The van der Waals surface area contributed by atoms with Crippen molar-refractivity contribution in [2.45, 2.75) is 26.4 Å². The predicted octanol–water partition coefficient (Wildman–Crippen LogP) is 2.04. The van der Waals surface area contributed by atoms with Gasteiger partial charge in [0.2, 0.25) is 0 Å². The number of nitrogens with two attached hydrogens (primary N) is 1. The molecule has 0 aromatic heterocycles. The normalized spacial score (nSPS) is 13.1. The molecule has 1 unspecified atom stereocenters. The summed E-state index contributed by atoms with van der Waals surface area (Å²) in [6, 6.07) is 4.30. The minimum Gasteiger partial charge on any atom is -0.329 e. The Morgan fingerprint density at radius 1 is 1.31 bits per heavy atom. The minimum atomic E-state index is -0.812. The van der Waals surface area contributed by atoms with Crippen LogP contribution >= 0.6 is 0 Å². The van der Waals surface area contributed by atoms with E-state index >= 15 is 0 Å². The molecule has 0 aliphatic heterocycles. The van der Waals surface area contributed by atoms with Crippen LogP contribution in [-0.2, 0) is 6.54 Å². The molecule has 0 bridgehead atoms. The zero-order valence-electron chi connectivity index (χ0n) is 9.63. The Balaban J connectivity index is 2.64. The van der Waals surface area contributed by atoms with Gasteiger partial charge in [0.25, 0.3) is 0 Å². The second kappa shape index (κ2) is 5.92. The topological polar surface area (TPSA) is 38.0 Å². The molecule has 3 N–H and O–H groups in total.